The summed E-state index contributed by atoms with van der Waals surface area (Å²) >= 11 is 3.65. The molecule has 0 saturated heterocycles. The molecule has 0 aromatic heterocycles. The van der Waals surface area contributed by atoms with Gasteiger partial charge in [-0.3, -0.25) is 0 Å². The molecule has 0 bridgehead atoms. The molecule has 1 aromatic rings. The van der Waals surface area contributed by atoms with Crippen molar-refractivity contribution in [2.75, 3.05) is 13.2 Å². The largest absolute Gasteiger partial charge is 0.373 e. The first kappa shape index (κ1) is 10.9. The Kier molecular flexibility index (Phi) is 2.98. The van der Waals surface area contributed by atoms with Crippen molar-refractivity contribution in [1.29, 1.82) is 0 Å². The Morgan fingerprint density at radius 3 is 2.53 bits per heavy atom. The van der Waals surface area contributed by atoms with Crippen LogP contribution >= 0.6 is 15.9 Å². The van der Waals surface area contributed by atoms with Crippen LogP contribution in [0, 0.1) is 20.8 Å². The maximum Gasteiger partial charge on any atom is 0.0725 e. The quantitative estimate of drug-likeness (QED) is 0.752. The molecule has 1 aromatic carbocycles. The standard InChI is InChI=1S/C13H15BrO/c1-8-6-12(14)13(10(3)9(8)2)11-4-5-15-7-11/h4,6H,5,7H2,1-3H3. The lowest BCUT2D eigenvalue weighted by Crippen LogP contribution is -1.97. The lowest BCUT2D eigenvalue weighted by atomic mass is 9.94. The lowest BCUT2D eigenvalue weighted by Gasteiger charge is -2.14. The molecule has 0 saturated carbocycles. The minimum atomic E-state index is 0.738. The van der Waals surface area contributed by atoms with E-state index < -0.39 is 0 Å². The highest BCUT2D eigenvalue weighted by Crippen LogP contribution is 2.33. The summed E-state index contributed by atoms with van der Waals surface area (Å²) in [5.41, 5.74) is 6.69. The molecule has 2 heteroatoms. The third kappa shape index (κ3) is 1.88. The molecule has 0 amide bonds. The van der Waals surface area contributed by atoms with Gasteiger partial charge in [-0.1, -0.05) is 22.0 Å². The second-order valence-corrected chi connectivity index (χ2v) is 4.90. The summed E-state index contributed by atoms with van der Waals surface area (Å²) in [6, 6.07) is 2.19. The van der Waals surface area contributed by atoms with Gasteiger partial charge in [0.15, 0.2) is 0 Å². The first-order chi connectivity index (χ1) is 7.11. The number of benzene rings is 1. The lowest BCUT2D eigenvalue weighted by molar-refractivity contribution is 0.216. The maximum absolute atomic E-state index is 5.38. The molecule has 1 aliphatic rings. The molecule has 15 heavy (non-hydrogen) atoms. The van der Waals surface area contributed by atoms with Gasteiger partial charge in [-0.25, -0.2) is 0 Å². The minimum Gasteiger partial charge on any atom is -0.373 e. The summed E-state index contributed by atoms with van der Waals surface area (Å²) in [5, 5.41) is 0. The Hall–Kier alpha value is -0.600. The number of aryl methyl sites for hydroxylation is 1. The van der Waals surface area contributed by atoms with E-state index in [2.05, 4.69) is 48.8 Å². The molecule has 0 fully saturated rings. The fourth-order valence-corrected chi connectivity index (χ4v) is 2.88. The summed E-state index contributed by atoms with van der Waals surface area (Å²) < 4.78 is 6.56. The van der Waals surface area contributed by atoms with Crippen LogP contribution in [-0.2, 0) is 4.74 Å². The van der Waals surface area contributed by atoms with E-state index in [0.29, 0.717) is 0 Å². The summed E-state index contributed by atoms with van der Waals surface area (Å²) in [5.74, 6) is 0. The van der Waals surface area contributed by atoms with Gasteiger partial charge in [0.2, 0.25) is 0 Å². The second-order valence-electron chi connectivity index (χ2n) is 4.04. The summed E-state index contributed by atoms with van der Waals surface area (Å²) in [7, 11) is 0. The summed E-state index contributed by atoms with van der Waals surface area (Å²) in [6.07, 6.45) is 2.17. The minimum absolute atomic E-state index is 0.738. The van der Waals surface area contributed by atoms with Gasteiger partial charge in [0.25, 0.3) is 0 Å². The third-order valence-corrected chi connectivity index (χ3v) is 3.76. The van der Waals surface area contributed by atoms with Crippen molar-refractivity contribution in [1.82, 2.24) is 0 Å². The fourth-order valence-electron chi connectivity index (χ4n) is 1.99. The van der Waals surface area contributed by atoms with Crippen LogP contribution in [-0.4, -0.2) is 13.2 Å². The smallest absolute Gasteiger partial charge is 0.0725 e. The van der Waals surface area contributed by atoms with E-state index in [1.807, 2.05) is 0 Å². The van der Waals surface area contributed by atoms with Crippen LogP contribution in [0.25, 0.3) is 5.57 Å². The average Bonchev–Trinajstić information content (AvgIpc) is 2.68. The molecule has 1 nitrogen and oxygen atoms in total. The van der Waals surface area contributed by atoms with E-state index in [-0.39, 0.29) is 0 Å². The fraction of sp³-hybridized carbons (Fsp3) is 0.385. The van der Waals surface area contributed by atoms with Crippen molar-refractivity contribution >= 4 is 21.5 Å². The zero-order chi connectivity index (χ0) is 11.0. The Morgan fingerprint density at radius 2 is 1.93 bits per heavy atom. The highest BCUT2D eigenvalue weighted by atomic mass is 79.9. The monoisotopic (exact) mass is 266 g/mol. The topological polar surface area (TPSA) is 9.23 Å². The molecule has 2 rings (SSSR count). The van der Waals surface area contributed by atoms with E-state index in [1.54, 1.807) is 0 Å². The number of rotatable bonds is 1. The van der Waals surface area contributed by atoms with Gasteiger partial charge >= 0.3 is 0 Å². The summed E-state index contributed by atoms with van der Waals surface area (Å²) in [6.45, 7) is 7.99. The van der Waals surface area contributed by atoms with Gasteiger partial charge in [-0.05, 0) is 54.7 Å². The SMILES string of the molecule is Cc1cc(Br)c(C2=CCOC2)c(C)c1C. The number of ether oxygens (including phenoxy) is 1. The first-order valence-electron chi connectivity index (χ1n) is 5.14. The molecule has 80 valence electrons. The van der Waals surface area contributed by atoms with E-state index in [9.17, 15) is 0 Å². The predicted octanol–water partition coefficient (Wildman–Crippen LogP) is 3.79. The normalized spacial score (nSPS) is 15.6. The van der Waals surface area contributed by atoms with Crippen LogP contribution in [0.5, 0.6) is 0 Å². The molecule has 0 N–H and O–H groups in total. The van der Waals surface area contributed by atoms with Crippen molar-refractivity contribution in [2.24, 2.45) is 0 Å². The average molecular weight is 267 g/mol. The van der Waals surface area contributed by atoms with Crippen molar-refractivity contribution in [3.05, 3.63) is 38.9 Å². The Morgan fingerprint density at radius 1 is 1.20 bits per heavy atom. The molecule has 0 atom stereocenters. The second kappa shape index (κ2) is 4.11. The van der Waals surface area contributed by atoms with Gasteiger partial charge in [0.1, 0.15) is 0 Å². The third-order valence-electron chi connectivity index (χ3n) is 3.14. The van der Waals surface area contributed by atoms with Gasteiger partial charge in [-0.2, -0.15) is 0 Å². The highest BCUT2D eigenvalue weighted by molar-refractivity contribution is 9.10. The van der Waals surface area contributed by atoms with Crippen LogP contribution in [0.4, 0.5) is 0 Å². The van der Waals surface area contributed by atoms with Gasteiger partial charge in [0, 0.05) is 4.47 Å². The van der Waals surface area contributed by atoms with Gasteiger partial charge in [0.05, 0.1) is 13.2 Å². The molecular formula is C13H15BrO. The molecule has 0 radical (unpaired) electrons. The Balaban J connectivity index is 2.60. The van der Waals surface area contributed by atoms with Crippen molar-refractivity contribution in [2.45, 2.75) is 20.8 Å². The molecule has 0 spiro atoms. The van der Waals surface area contributed by atoms with Crippen molar-refractivity contribution in [3.63, 3.8) is 0 Å². The van der Waals surface area contributed by atoms with Crippen LogP contribution in [0.2, 0.25) is 0 Å². The van der Waals surface area contributed by atoms with Crippen LogP contribution in [0.15, 0.2) is 16.6 Å². The van der Waals surface area contributed by atoms with E-state index in [0.717, 1.165) is 13.2 Å². The van der Waals surface area contributed by atoms with Crippen LogP contribution in [0.1, 0.15) is 22.3 Å². The van der Waals surface area contributed by atoms with Gasteiger partial charge < -0.3 is 4.74 Å². The summed E-state index contributed by atoms with van der Waals surface area (Å²) in [4.78, 5) is 0. The van der Waals surface area contributed by atoms with E-state index in [1.165, 1.54) is 32.3 Å². The zero-order valence-corrected chi connectivity index (χ0v) is 10.9. The van der Waals surface area contributed by atoms with Gasteiger partial charge in [-0.15, -0.1) is 0 Å². The van der Waals surface area contributed by atoms with Crippen molar-refractivity contribution in [3.8, 4) is 0 Å². The number of hydrogen-bond acceptors (Lipinski definition) is 1. The molecule has 0 unspecified atom stereocenters. The maximum atomic E-state index is 5.38. The zero-order valence-electron chi connectivity index (χ0n) is 9.36. The molecule has 1 heterocycles. The predicted molar refractivity (Wildman–Crippen MR) is 67.1 cm³/mol. The van der Waals surface area contributed by atoms with E-state index in [4.69, 9.17) is 4.74 Å². The molecular weight excluding hydrogens is 252 g/mol. The molecule has 1 aliphatic heterocycles. The Bertz CT molecular complexity index is 433. The Labute approximate surface area is 99.3 Å². The number of hydrogen-bond donors (Lipinski definition) is 0. The number of halogens is 1. The molecule has 0 aliphatic carbocycles. The van der Waals surface area contributed by atoms with Crippen LogP contribution < -0.4 is 0 Å². The first-order valence-corrected chi connectivity index (χ1v) is 5.94. The van der Waals surface area contributed by atoms with E-state index >= 15 is 0 Å². The van der Waals surface area contributed by atoms with Crippen LogP contribution in [0.3, 0.4) is 0 Å². The van der Waals surface area contributed by atoms with Crippen molar-refractivity contribution < 1.29 is 4.74 Å². The highest BCUT2D eigenvalue weighted by Gasteiger charge is 2.15.